The van der Waals surface area contributed by atoms with Crippen LogP contribution in [-0.4, -0.2) is 47.6 Å². The van der Waals surface area contributed by atoms with Crippen LogP contribution in [0.4, 0.5) is 0 Å². The van der Waals surface area contributed by atoms with E-state index in [1.807, 2.05) is 0 Å². The van der Waals surface area contributed by atoms with Gasteiger partial charge in [0.25, 0.3) is 0 Å². The minimum absolute atomic E-state index is 0.508. The van der Waals surface area contributed by atoms with Crippen molar-refractivity contribution in [3.05, 3.63) is 0 Å². The first-order chi connectivity index (χ1) is 6.67. The molecule has 0 radical (unpaired) electrons. The monoisotopic (exact) mass is 214 g/mol. The summed E-state index contributed by atoms with van der Waals surface area (Å²) in [5.41, 5.74) is 0. The van der Waals surface area contributed by atoms with E-state index in [9.17, 15) is 0 Å². The lowest BCUT2D eigenvalue weighted by atomic mass is 9.98. The number of piperazine rings is 1. The Morgan fingerprint density at radius 1 is 1.29 bits per heavy atom. The SMILES string of the molecule is CC1(C)CC(N2CCNCC2)CCS1. The Morgan fingerprint density at radius 2 is 2.00 bits per heavy atom. The molecule has 14 heavy (non-hydrogen) atoms. The lowest BCUT2D eigenvalue weighted by Crippen LogP contribution is -2.51. The molecule has 2 fully saturated rings. The first kappa shape index (κ1) is 10.8. The summed E-state index contributed by atoms with van der Waals surface area (Å²) in [5, 5.41) is 3.43. The zero-order chi connectivity index (χ0) is 10.0. The fourth-order valence-electron chi connectivity index (χ4n) is 2.56. The number of thioether (sulfide) groups is 1. The minimum Gasteiger partial charge on any atom is -0.314 e. The molecule has 0 saturated carbocycles. The fourth-order valence-corrected chi connectivity index (χ4v) is 3.81. The molecule has 0 spiro atoms. The van der Waals surface area contributed by atoms with Crippen molar-refractivity contribution >= 4 is 11.8 Å². The molecule has 0 aromatic rings. The van der Waals surface area contributed by atoms with Crippen molar-refractivity contribution in [2.45, 2.75) is 37.5 Å². The van der Waals surface area contributed by atoms with Crippen LogP contribution in [0.3, 0.4) is 0 Å². The van der Waals surface area contributed by atoms with Crippen LogP contribution in [0.2, 0.25) is 0 Å². The van der Waals surface area contributed by atoms with Crippen LogP contribution >= 0.6 is 11.8 Å². The van der Waals surface area contributed by atoms with Gasteiger partial charge in [0.05, 0.1) is 0 Å². The smallest absolute Gasteiger partial charge is 0.0118 e. The normalized spacial score (nSPS) is 34.3. The second kappa shape index (κ2) is 4.42. The van der Waals surface area contributed by atoms with Gasteiger partial charge in [-0.2, -0.15) is 11.8 Å². The average Bonchev–Trinajstić information content (AvgIpc) is 2.18. The molecule has 2 saturated heterocycles. The maximum atomic E-state index is 3.43. The van der Waals surface area contributed by atoms with E-state index in [1.54, 1.807) is 0 Å². The molecule has 82 valence electrons. The molecule has 3 heteroatoms. The van der Waals surface area contributed by atoms with Crippen LogP contribution in [-0.2, 0) is 0 Å². The summed E-state index contributed by atoms with van der Waals surface area (Å²) in [6, 6.07) is 0.855. The topological polar surface area (TPSA) is 15.3 Å². The van der Waals surface area contributed by atoms with Crippen LogP contribution in [0.25, 0.3) is 0 Å². The summed E-state index contributed by atoms with van der Waals surface area (Å²) in [7, 11) is 0. The molecular weight excluding hydrogens is 192 g/mol. The fraction of sp³-hybridized carbons (Fsp3) is 1.00. The highest BCUT2D eigenvalue weighted by atomic mass is 32.2. The molecule has 0 bridgehead atoms. The minimum atomic E-state index is 0.508. The molecule has 1 N–H and O–H groups in total. The van der Waals surface area contributed by atoms with E-state index in [-0.39, 0.29) is 0 Å². The van der Waals surface area contributed by atoms with Crippen molar-refractivity contribution < 1.29 is 0 Å². The Balaban J connectivity index is 1.89. The molecule has 2 aliphatic rings. The van der Waals surface area contributed by atoms with Crippen molar-refractivity contribution in [3.63, 3.8) is 0 Å². The summed E-state index contributed by atoms with van der Waals surface area (Å²) < 4.78 is 0.508. The Morgan fingerprint density at radius 3 is 2.64 bits per heavy atom. The summed E-state index contributed by atoms with van der Waals surface area (Å²) in [6.07, 6.45) is 2.77. The first-order valence-corrected chi connectivity index (χ1v) is 6.75. The molecule has 1 atom stereocenters. The van der Waals surface area contributed by atoms with Crippen molar-refractivity contribution in [3.8, 4) is 0 Å². The third-order valence-corrected chi connectivity index (χ3v) is 4.73. The third kappa shape index (κ3) is 2.65. The highest BCUT2D eigenvalue weighted by molar-refractivity contribution is 8.00. The second-order valence-electron chi connectivity index (χ2n) is 5.04. The summed E-state index contributed by atoms with van der Waals surface area (Å²) >= 11 is 2.15. The van der Waals surface area contributed by atoms with E-state index in [2.05, 4.69) is 35.8 Å². The number of rotatable bonds is 1. The first-order valence-electron chi connectivity index (χ1n) is 5.76. The van der Waals surface area contributed by atoms with E-state index < -0.39 is 0 Å². The van der Waals surface area contributed by atoms with Gasteiger partial charge in [0.1, 0.15) is 0 Å². The van der Waals surface area contributed by atoms with E-state index in [0.29, 0.717) is 4.75 Å². The van der Waals surface area contributed by atoms with Crippen molar-refractivity contribution in [2.75, 3.05) is 31.9 Å². The van der Waals surface area contributed by atoms with E-state index in [4.69, 9.17) is 0 Å². The van der Waals surface area contributed by atoms with Crippen LogP contribution in [0, 0.1) is 0 Å². The Hall–Kier alpha value is 0.270. The average molecular weight is 214 g/mol. The van der Waals surface area contributed by atoms with Gasteiger partial charge in [-0.15, -0.1) is 0 Å². The standard InChI is InChI=1S/C11H22N2S/c1-11(2)9-10(3-8-14-11)13-6-4-12-5-7-13/h10,12H,3-9H2,1-2H3. The van der Waals surface area contributed by atoms with Crippen LogP contribution in [0.5, 0.6) is 0 Å². The van der Waals surface area contributed by atoms with Gasteiger partial charge < -0.3 is 5.32 Å². The molecule has 0 aromatic carbocycles. The highest BCUT2D eigenvalue weighted by Gasteiger charge is 2.32. The molecule has 2 nitrogen and oxygen atoms in total. The van der Waals surface area contributed by atoms with Crippen molar-refractivity contribution in [1.29, 1.82) is 0 Å². The zero-order valence-corrected chi connectivity index (χ0v) is 10.2. The molecule has 2 rings (SSSR count). The lowest BCUT2D eigenvalue weighted by molar-refractivity contribution is 0.151. The Labute approximate surface area is 91.8 Å². The maximum Gasteiger partial charge on any atom is 0.0118 e. The van der Waals surface area contributed by atoms with Crippen molar-refractivity contribution in [1.82, 2.24) is 10.2 Å². The second-order valence-corrected chi connectivity index (χ2v) is 6.84. The van der Waals surface area contributed by atoms with Gasteiger partial charge >= 0.3 is 0 Å². The van der Waals surface area contributed by atoms with Gasteiger partial charge in [-0.1, -0.05) is 13.8 Å². The van der Waals surface area contributed by atoms with E-state index in [0.717, 1.165) is 6.04 Å². The Bertz CT molecular complexity index is 188. The number of hydrogen-bond donors (Lipinski definition) is 1. The van der Waals surface area contributed by atoms with E-state index in [1.165, 1.54) is 44.8 Å². The van der Waals surface area contributed by atoms with Crippen LogP contribution in [0.1, 0.15) is 26.7 Å². The third-order valence-electron chi connectivity index (χ3n) is 3.34. The van der Waals surface area contributed by atoms with Gasteiger partial charge in [0, 0.05) is 37.0 Å². The zero-order valence-electron chi connectivity index (χ0n) is 9.38. The summed E-state index contributed by atoms with van der Waals surface area (Å²) in [4.78, 5) is 2.69. The number of nitrogens with one attached hydrogen (secondary N) is 1. The number of nitrogens with zero attached hydrogens (tertiary/aromatic N) is 1. The van der Waals surface area contributed by atoms with E-state index >= 15 is 0 Å². The molecule has 0 aliphatic carbocycles. The molecule has 0 aromatic heterocycles. The molecule has 1 unspecified atom stereocenters. The molecule has 0 amide bonds. The summed E-state index contributed by atoms with van der Waals surface area (Å²) in [5.74, 6) is 1.35. The van der Waals surface area contributed by atoms with Gasteiger partial charge in [-0.05, 0) is 18.6 Å². The van der Waals surface area contributed by atoms with Crippen LogP contribution in [0.15, 0.2) is 0 Å². The van der Waals surface area contributed by atoms with Crippen LogP contribution < -0.4 is 5.32 Å². The predicted molar refractivity (Wildman–Crippen MR) is 64.0 cm³/mol. The molecular formula is C11H22N2S. The number of hydrogen-bond acceptors (Lipinski definition) is 3. The molecule has 2 heterocycles. The van der Waals surface area contributed by atoms with Gasteiger partial charge in [-0.25, -0.2) is 0 Å². The molecule has 2 aliphatic heterocycles. The highest BCUT2D eigenvalue weighted by Crippen LogP contribution is 2.37. The van der Waals surface area contributed by atoms with Gasteiger partial charge in [0.15, 0.2) is 0 Å². The quantitative estimate of drug-likeness (QED) is 0.713. The Kier molecular flexibility index (Phi) is 3.40. The lowest BCUT2D eigenvalue weighted by Gasteiger charge is -2.42. The summed E-state index contributed by atoms with van der Waals surface area (Å²) in [6.45, 7) is 9.67. The van der Waals surface area contributed by atoms with Gasteiger partial charge in [0.2, 0.25) is 0 Å². The maximum absolute atomic E-state index is 3.43. The van der Waals surface area contributed by atoms with Crippen molar-refractivity contribution in [2.24, 2.45) is 0 Å². The van der Waals surface area contributed by atoms with Gasteiger partial charge in [-0.3, -0.25) is 4.90 Å². The predicted octanol–water partition coefficient (Wildman–Crippen LogP) is 1.57. The largest absolute Gasteiger partial charge is 0.314 e.